The first-order valence-electron chi connectivity index (χ1n) is 7.59. The van der Waals surface area contributed by atoms with Crippen molar-refractivity contribution in [3.8, 4) is 5.75 Å². The van der Waals surface area contributed by atoms with Gasteiger partial charge in [0.2, 0.25) is 0 Å². The molecule has 0 saturated carbocycles. The molecule has 0 spiro atoms. The van der Waals surface area contributed by atoms with Crippen molar-refractivity contribution in [1.29, 1.82) is 0 Å². The molecule has 0 bridgehead atoms. The third kappa shape index (κ3) is 3.25. The number of carbonyl (C=O) groups is 1. The molecule has 1 N–H and O–H groups in total. The molecule has 116 valence electrons. The van der Waals surface area contributed by atoms with E-state index in [9.17, 15) is 9.90 Å². The van der Waals surface area contributed by atoms with E-state index >= 15 is 0 Å². The average Bonchev–Trinajstić information content (AvgIpc) is 2.60. The van der Waals surface area contributed by atoms with Crippen LogP contribution in [0.3, 0.4) is 0 Å². The number of rotatable bonds is 4. The Hall–Kier alpha value is -2.65. The van der Waals surface area contributed by atoms with Crippen LogP contribution in [-0.2, 0) is 4.79 Å². The first-order valence-corrected chi connectivity index (χ1v) is 7.59. The molecule has 0 amide bonds. The molecule has 0 aliphatic heterocycles. The highest BCUT2D eigenvalue weighted by Crippen LogP contribution is 2.29. The van der Waals surface area contributed by atoms with E-state index in [1.54, 1.807) is 31.2 Å². The Balaban J connectivity index is 1.83. The molecular formula is C20H18O3. The minimum absolute atomic E-state index is 0.448. The van der Waals surface area contributed by atoms with Crippen molar-refractivity contribution < 1.29 is 14.6 Å². The van der Waals surface area contributed by atoms with Crippen molar-refractivity contribution in [1.82, 2.24) is 0 Å². The summed E-state index contributed by atoms with van der Waals surface area (Å²) in [6.45, 7) is 1.68. The molecule has 0 saturated heterocycles. The minimum atomic E-state index is -0.919. The molecule has 0 fully saturated rings. The SMILES string of the molecule is C[C@@H](C(=O)Oc1ccccc1)[C@H](O)c1cccc2ccccc12. The summed E-state index contributed by atoms with van der Waals surface area (Å²) in [4.78, 5) is 12.3. The van der Waals surface area contributed by atoms with Gasteiger partial charge in [-0.05, 0) is 35.4 Å². The van der Waals surface area contributed by atoms with Crippen molar-refractivity contribution in [3.05, 3.63) is 78.4 Å². The number of esters is 1. The number of fused-ring (bicyclic) bond motifs is 1. The molecule has 3 aromatic carbocycles. The number of aliphatic hydroxyl groups is 1. The lowest BCUT2D eigenvalue weighted by atomic mass is 9.93. The molecule has 3 aromatic rings. The van der Waals surface area contributed by atoms with E-state index in [1.165, 1.54) is 0 Å². The van der Waals surface area contributed by atoms with E-state index in [-0.39, 0.29) is 0 Å². The largest absolute Gasteiger partial charge is 0.426 e. The molecular weight excluding hydrogens is 288 g/mol. The first-order chi connectivity index (χ1) is 11.2. The standard InChI is InChI=1S/C20H18O3/c1-14(20(22)23-16-10-3-2-4-11-16)19(21)18-13-7-9-15-8-5-6-12-17(15)18/h2-14,19,21H,1H3/t14-,19+/m1/s1. The molecule has 0 radical (unpaired) electrons. The van der Waals surface area contributed by atoms with Crippen LogP contribution >= 0.6 is 0 Å². The van der Waals surface area contributed by atoms with Crippen molar-refractivity contribution in [3.63, 3.8) is 0 Å². The zero-order valence-electron chi connectivity index (χ0n) is 12.8. The number of hydrogen-bond acceptors (Lipinski definition) is 3. The van der Waals surface area contributed by atoms with Crippen LogP contribution in [0.4, 0.5) is 0 Å². The highest BCUT2D eigenvalue weighted by molar-refractivity contribution is 5.87. The van der Waals surface area contributed by atoms with Gasteiger partial charge in [0.15, 0.2) is 0 Å². The fourth-order valence-electron chi connectivity index (χ4n) is 2.60. The van der Waals surface area contributed by atoms with Gasteiger partial charge in [0.25, 0.3) is 0 Å². The van der Waals surface area contributed by atoms with E-state index in [4.69, 9.17) is 4.74 Å². The highest BCUT2D eigenvalue weighted by Gasteiger charge is 2.26. The van der Waals surface area contributed by atoms with Gasteiger partial charge in [0, 0.05) is 0 Å². The van der Waals surface area contributed by atoms with Gasteiger partial charge >= 0.3 is 5.97 Å². The number of para-hydroxylation sites is 1. The molecule has 3 heteroatoms. The second-order valence-electron chi connectivity index (χ2n) is 5.54. The third-order valence-electron chi connectivity index (χ3n) is 3.95. The lowest BCUT2D eigenvalue weighted by molar-refractivity contribution is -0.142. The van der Waals surface area contributed by atoms with Crippen LogP contribution in [0, 0.1) is 5.92 Å². The van der Waals surface area contributed by atoms with Gasteiger partial charge in [-0.25, -0.2) is 0 Å². The number of ether oxygens (including phenoxy) is 1. The smallest absolute Gasteiger partial charge is 0.317 e. The molecule has 23 heavy (non-hydrogen) atoms. The zero-order chi connectivity index (χ0) is 16.2. The summed E-state index contributed by atoms with van der Waals surface area (Å²) in [6, 6.07) is 22.4. The Morgan fingerprint density at radius 3 is 2.35 bits per heavy atom. The maximum atomic E-state index is 12.3. The van der Waals surface area contributed by atoms with Crippen LogP contribution in [0.5, 0.6) is 5.75 Å². The summed E-state index contributed by atoms with van der Waals surface area (Å²) in [5, 5.41) is 12.6. The molecule has 0 unspecified atom stereocenters. The molecule has 3 rings (SSSR count). The quantitative estimate of drug-likeness (QED) is 0.583. The Bertz CT molecular complexity index is 806. The topological polar surface area (TPSA) is 46.5 Å². The molecule has 0 aliphatic carbocycles. The Kier molecular flexibility index (Phi) is 4.40. The van der Waals surface area contributed by atoms with Crippen LogP contribution in [0.15, 0.2) is 72.8 Å². The van der Waals surface area contributed by atoms with Crippen LogP contribution in [-0.4, -0.2) is 11.1 Å². The number of benzene rings is 3. The predicted octanol–water partition coefficient (Wildman–Crippen LogP) is 4.11. The number of carbonyl (C=O) groups excluding carboxylic acids is 1. The van der Waals surface area contributed by atoms with E-state index in [1.807, 2.05) is 48.5 Å². The van der Waals surface area contributed by atoms with E-state index in [2.05, 4.69) is 0 Å². The maximum Gasteiger partial charge on any atom is 0.317 e. The van der Waals surface area contributed by atoms with E-state index in [0.717, 1.165) is 16.3 Å². The molecule has 3 nitrogen and oxygen atoms in total. The van der Waals surface area contributed by atoms with Crippen molar-refractivity contribution in [2.75, 3.05) is 0 Å². The lowest BCUT2D eigenvalue weighted by Gasteiger charge is -2.19. The Morgan fingerprint density at radius 2 is 1.57 bits per heavy atom. The molecule has 0 aliphatic rings. The van der Waals surface area contributed by atoms with Gasteiger partial charge in [-0.2, -0.15) is 0 Å². The van der Waals surface area contributed by atoms with Crippen LogP contribution in [0.1, 0.15) is 18.6 Å². The van der Waals surface area contributed by atoms with Gasteiger partial charge in [-0.15, -0.1) is 0 Å². The molecule has 0 heterocycles. The van der Waals surface area contributed by atoms with Crippen LogP contribution in [0.25, 0.3) is 10.8 Å². The van der Waals surface area contributed by atoms with Gasteiger partial charge in [0.1, 0.15) is 5.75 Å². The summed E-state index contributed by atoms with van der Waals surface area (Å²) in [5.74, 6) is -0.632. The molecule has 0 aromatic heterocycles. The summed E-state index contributed by atoms with van der Waals surface area (Å²) in [6.07, 6.45) is -0.919. The van der Waals surface area contributed by atoms with E-state index < -0.39 is 18.0 Å². The van der Waals surface area contributed by atoms with E-state index in [0.29, 0.717) is 5.75 Å². The lowest BCUT2D eigenvalue weighted by Crippen LogP contribution is -2.24. The Morgan fingerprint density at radius 1 is 0.913 bits per heavy atom. The third-order valence-corrected chi connectivity index (χ3v) is 3.95. The molecule has 2 atom stereocenters. The number of hydrogen-bond donors (Lipinski definition) is 1. The summed E-state index contributed by atoms with van der Waals surface area (Å²) >= 11 is 0. The van der Waals surface area contributed by atoms with Crippen molar-refractivity contribution >= 4 is 16.7 Å². The van der Waals surface area contributed by atoms with Gasteiger partial charge < -0.3 is 9.84 Å². The fraction of sp³-hybridized carbons (Fsp3) is 0.150. The summed E-state index contributed by atoms with van der Waals surface area (Å²) < 4.78 is 5.33. The van der Waals surface area contributed by atoms with Gasteiger partial charge in [-0.3, -0.25) is 4.79 Å². The minimum Gasteiger partial charge on any atom is -0.426 e. The highest BCUT2D eigenvalue weighted by atomic mass is 16.5. The van der Waals surface area contributed by atoms with Gasteiger partial charge in [0.05, 0.1) is 12.0 Å². The summed E-state index contributed by atoms with van der Waals surface area (Å²) in [7, 11) is 0. The van der Waals surface area contributed by atoms with Crippen molar-refractivity contribution in [2.24, 2.45) is 5.92 Å². The second-order valence-corrected chi connectivity index (χ2v) is 5.54. The first kappa shape index (κ1) is 15.3. The zero-order valence-corrected chi connectivity index (χ0v) is 12.8. The van der Waals surface area contributed by atoms with Gasteiger partial charge in [-0.1, -0.05) is 60.7 Å². The number of aliphatic hydroxyl groups excluding tert-OH is 1. The van der Waals surface area contributed by atoms with Crippen LogP contribution < -0.4 is 4.74 Å². The average molecular weight is 306 g/mol. The summed E-state index contributed by atoms with van der Waals surface area (Å²) in [5.41, 5.74) is 0.737. The van der Waals surface area contributed by atoms with Crippen molar-refractivity contribution in [2.45, 2.75) is 13.0 Å². The predicted molar refractivity (Wildman–Crippen MR) is 90.1 cm³/mol. The second kappa shape index (κ2) is 6.63. The maximum absolute atomic E-state index is 12.3. The fourth-order valence-corrected chi connectivity index (χ4v) is 2.60. The van der Waals surface area contributed by atoms with Crippen LogP contribution in [0.2, 0.25) is 0 Å². The normalized spacial score (nSPS) is 13.5. The monoisotopic (exact) mass is 306 g/mol. The Labute approximate surface area is 135 Å².